The average Bonchev–Trinajstić information content (AvgIpc) is 2.62. The Morgan fingerprint density at radius 2 is 1.29 bits per heavy atom. The molecule has 4 rings (SSSR count). The SMILES string of the molecule is O=c1oc2ccccc2c(-c2ccccc2)c1-c1ccc(O)cc1. The van der Waals surface area contributed by atoms with Crippen molar-refractivity contribution >= 4 is 11.0 Å². The summed E-state index contributed by atoms with van der Waals surface area (Å²) in [5.41, 5.74) is 3.17. The van der Waals surface area contributed by atoms with E-state index in [9.17, 15) is 9.90 Å². The molecule has 3 aromatic carbocycles. The third kappa shape index (κ3) is 2.36. The Balaban J connectivity index is 2.14. The molecule has 1 aromatic heterocycles. The number of phenols is 1. The van der Waals surface area contributed by atoms with Gasteiger partial charge in [-0.25, -0.2) is 4.79 Å². The Kier molecular flexibility index (Phi) is 3.39. The Morgan fingerprint density at radius 1 is 0.667 bits per heavy atom. The molecule has 0 spiro atoms. The molecule has 116 valence electrons. The smallest absolute Gasteiger partial charge is 0.344 e. The number of hydrogen-bond acceptors (Lipinski definition) is 3. The maximum absolute atomic E-state index is 12.7. The first kappa shape index (κ1) is 14.3. The standard InChI is InChI=1S/C21H14O3/c22-16-12-10-15(11-13-16)20-19(14-6-2-1-3-7-14)17-8-4-5-9-18(17)24-21(20)23/h1-13,22H. The van der Waals surface area contributed by atoms with Crippen LogP contribution in [0, 0.1) is 0 Å². The second-order valence-corrected chi connectivity index (χ2v) is 5.55. The lowest BCUT2D eigenvalue weighted by molar-refractivity contribution is 0.475. The highest BCUT2D eigenvalue weighted by Crippen LogP contribution is 2.36. The largest absolute Gasteiger partial charge is 0.508 e. The van der Waals surface area contributed by atoms with E-state index in [-0.39, 0.29) is 5.75 Å². The van der Waals surface area contributed by atoms with E-state index >= 15 is 0 Å². The molecule has 0 aliphatic rings. The number of para-hydroxylation sites is 1. The number of hydrogen-bond donors (Lipinski definition) is 1. The molecule has 3 heteroatoms. The van der Waals surface area contributed by atoms with Gasteiger partial charge < -0.3 is 9.52 Å². The van der Waals surface area contributed by atoms with Crippen LogP contribution in [0.3, 0.4) is 0 Å². The third-order valence-corrected chi connectivity index (χ3v) is 4.03. The van der Waals surface area contributed by atoms with Crippen LogP contribution < -0.4 is 5.63 Å². The third-order valence-electron chi connectivity index (χ3n) is 4.03. The van der Waals surface area contributed by atoms with Crippen molar-refractivity contribution in [3.05, 3.63) is 89.3 Å². The lowest BCUT2D eigenvalue weighted by Gasteiger charge is -2.12. The van der Waals surface area contributed by atoms with Gasteiger partial charge in [0.05, 0.1) is 5.56 Å². The van der Waals surface area contributed by atoms with E-state index in [1.807, 2.05) is 48.5 Å². The van der Waals surface area contributed by atoms with Crippen molar-refractivity contribution in [3.8, 4) is 28.0 Å². The first-order chi connectivity index (χ1) is 11.7. The van der Waals surface area contributed by atoms with Crippen molar-refractivity contribution in [3.63, 3.8) is 0 Å². The van der Waals surface area contributed by atoms with Gasteiger partial charge in [-0.05, 0) is 29.3 Å². The van der Waals surface area contributed by atoms with Gasteiger partial charge in [-0.1, -0.05) is 60.7 Å². The Labute approximate surface area is 138 Å². The molecule has 3 nitrogen and oxygen atoms in total. The molecule has 0 radical (unpaired) electrons. The van der Waals surface area contributed by atoms with Crippen molar-refractivity contribution in [1.29, 1.82) is 0 Å². The molecule has 0 bridgehead atoms. The molecule has 0 atom stereocenters. The van der Waals surface area contributed by atoms with Crippen LogP contribution in [0.2, 0.25) is 0 Å². The second kappa shape index (κ2) is 5.70. The maximum atomic E-state index is 12.7. The van der Waals surface area contributed by atoms with Crippen LogP contribution in [0.1, 0.15) is 0 Å². The van der Waals surface area contributed by atoms with Gasteiger partial charge in [0.15, 0.2) is 0 Å². The summed E-state index contributed by atoms with van der Waals surface area (Å²) in [4.78, 5) is 12.7. The molecule has 1 N–H and O–H groups in total. The van der Waals surface area contributed by atoms with Crippen LogP contribution in [0.5, 0.6) is 5.75 Å². The van der Waals surface area contributed by atoms with Gasteiger partial charge in [0.25, 0.3) is 0 Å². The molecule has 0 unspecified atom stereocenters. The van der Waals surface area contributed by atoms with Crippen LogP contribution in [-0.2, 0) is 0 Å². The predicted molar refractivity (Wildman–Crippen MR) is 95.0 cm³/mol. The van der Waals surface area contributed by atoms with E-state index in [2.05, 4.69) is 0 Å². The number of benzene rings is 3. The van der Waals surface area contributed by atoms with Crippen molar-refractivity contribution in [1.82, 2.24) is 0 Å². The highest BCUT2D eigenvalue weighted by Gasteiger charge is 2.17. The fraction of sp³-hybridized carbons (Fsp3) is 0. The summed E-state index contributed by atoms with van der Waals surface area (Å²) in [5, 5.41) is 10.4. The van der Waals surface area contributed by atoms with Crippen molar-refractivity contribution in [2.45, 2.75) is 0 Å². The minimum absolute atomic E-state index is 0.158. The van der Waals surface area contributed by atoms with Crippen molar-refractivity contribution < 1.29 is 9.52 Å². The Hall–Kier alpha value is -3.33. The zero-order valence-electron chi connectivity index (χ0n) is 12.8. The molecule has 0 fully saturated rings. The van der Waals surface area contributed by atoms with Crippen LogP contribution in [-0.4, -0.2) is 5.11 Å². The summed E-state index contributed by atoms with van der Waals surface area (Å²) in [6.07, 6.45) is 0. The van der Waals surface area contributed by atoms with E-state index < -0.39 is 5.63 Å². The van der Waals surface area contributed by atoms with Gasteiger partial charge in [-0.3, -0.25) is 0 Å². The van der Waals surface area contributed by atoms with E-state index in [0.717, 1.165) is 16.5 Å². The highest BCUT2D eigenvalue weighted by molar-refractivity contribution is 6.01. The van der Waals surface area contributed by atoms with Gasteiger partial charge in [-0.2, -0.15) is 0 Å². The van der Waals surface area contributed by atoms with Crippen LogP contribution in [0.4, 0.5) is 0 Å². The summed E-state index contributed by atoms with van der Waals surface area (Å²) in [7, 11) is 0. The number of fused-ring (bicyclic) bond motifs is 1. The minimum atomic E-state index is -0.391. The highest BCUT2D eigenvalue weighted by atomic mass is 16.4. The molecular formula is C21H14O3. The van der Waals surface area contributed by atoms with Crippen LogP contribution in [0.15, 0.2) is 88.1 Å². The van der Waals surface area contributed by atoms with E-state index in [1.165, 1.54) is 0 Å². The van der Waals surface area contributed by atoms with Gasteiger partial charge >= 0.3 is 5.63 Å². The van der Waals surface area contributed by atoms with Crippen molar-refractivity contribution in [2.24, 2.45) is 0 Å². The summed E-state index contributed by atoms with van der Waals surface area (Å²) in [6.45, 7) is 0. The number of aromatic hydroxyl groups is 1. The van der Waals surface area contributed by atoms with Crippen LogP contribution in [0.25, 0.3) is 33.2 Å². The summed E-state index contributed by atoms with van der Waals surface area (Å²) in [5.74, 6) is 0.158. The first-order valence-electron chi connectivity index (χ1n) is 7.65. The van der Waals surface area contributed by atoms with Gasteiger partial charge in [0, 0.05) is 10.9 Å². The molecule has 0 aliphatic heterocycles. The molecule has 0 saturated heterocycles. The molecule has 0 amide bonds. The van der Waals surface area contributed by atoms with E-state index in [1.54, 1.807) is 30.3 Å². The van der Waals surface area contributed by atoms with Gasteiger partial charge in [0.2, 0.25) is 0 Å². The zero-order chi connectivity index (χ0) is 16.5. The van der Waals surface area contributed by atoms with Crippen LogP contribution >= 0.6 is 0 Å². The lowest BCUT2D eigenvalue weighted by atomic mass is 9.93. The first-order valence-corrected chi connectivity index (χ1v) is 7.65. The quantitative estimate of drug-likeness (QED) is 0.539. The number of rotatable bonds is 2. The fourth-order valence-electron chi connectivity index (χ4n) is 2.94. The molecule has 0 saturated carbocycles. The van der Waals surface area contributed by atoms with E-state index in [4.69, 9.17) is 4.42 Å². The monoisotopic (exact) mass is 314 g/mol. The summed E-state index contributed by atoms with van der Waals surface area (Å²) in [6, 6.07) is 23.9. The number of phenolic OH excluding ortho intramolecular Hbond substituents is 1. The molecular weight excluding hydrogens is 300 g/mol. The van der Waals surface area contributed by atoms with Gasteiger partial charge in [0.1, 0.15) is 11.3 Å². The molecule has 24 heavy (non-hydrogen) atoms. The zero-order valence-corrected chi connectivity index (χ0v) is 12.8. The predicted octanol–water partition coefficient (Wildman–Crippen LogP) is 4.83. The Bertz CT molecular complexity index is 1060. The lowest BCUT2D eigenvalue weighted by Crippen LogP contribution is -2.06. The molecule has 4 aromatic rings. The fourth-order valence-corrected chi connectivity index (χ4v) is 2.94. The van der Waals surface area contributed by atoms with Crippen molar-refractivity contribution in [2.75, 3.05) is 0 Å². The minimum Gasteiger partial charge on any atom is -0.508 e. The second-order valence-electron chi connectivity index (χ2n) is 5.55. The van der Waals surface area contributed by atoms with E-state index in [0.29, 0.717) is 16.7 Å². The molecule has 1 heterocycles. The molecule has 0 aliphatic carbocycles. The van der Waals surface area contributed by atoms with Gasteiger partial charge in [-0.15, -0.1) is 0 Å². The normalized spacial score (nSPS) is 10.8. The summed E-state index contributed by atoms with van der Waals surface area (Å²) < 4.78 is 5.52. The Morgan fingerprint density at radius 3 is 2.04 bits per heavy atom. The summed E-state index contributed by atoms with van der Waals surface area (Å²) >= 11 is 0. The maximum Gasteiger partial charge on any atom is 0.344 e. The average molecular weight is 314 g/mol. The topological polar surface area (TPSA) is 50.4 Å².